The maximum atomic E-state index is 14.5. The van der Waals surface area contributed by atoms with Gasteiger partial charge in [-0.1, -0.05) is 47.1 Å². The molecule has 10 heteroatoms. The van der Waals surface area contributed by atoms with Crippen LogP contribution < -0.4 is 5.32 Å². The smallest absolute Gasteiger partial charge is 0.335 e. The summed E-state index contributed by atoms with van der Waals surface area (Å²) in [6.45, 7) is 0.270. The highest BCUT2D eigenvalue weighted by atomic mass is 35.5. The quantitative estimate of drug-likeness (QED) is 0.516. The number of carboxylic acid groups (broad SMARTS) is 1. The molecular weight excluding hydrogens is 501 g/mol. The Hall–Kier alpha value is -4.24. The van der Waals surface area contributed by atoms with Gasteiger partial charge in [0.15, 0.2) is 5.82 Å². The van der Waals surface area contributed by atoms with E-state index < -0.39 is 35.7 Å². The largest absolute Gasteiger partial charge is 0.478 e. The van der Waals surface area contributed by atoms with Crippen LogP contribution in [0.1, 0.15) is 39.5 Å². The molecule has 37 heavy (non-hydrogen) atoms. The van der Waals surface area contributed by atoms with Gasteiger partial charge in [0.1, 0.15) is 6.04 Å². The molecule has 2 amide bonds. The standard InChI is InChI=1S/C27H21ClFN3O5/c28-20-7-3-6-19(23(20)29)21-14-22(37-31-21)26(34)32-13-12-15-4-1-2-5-18(15)24(32)25(33)30-17-10-8-16(9-11-17)27(35)36/h1-11,22,24H,12-14H2,(H,30,33)(H,35,36)/t22?,24-/m1/s1. The Morgan fingerprint density at radius 1 is 1.05 bits per heavy atom. The first-order chi connectivity index (χ1) is 17.8. The molecule has 3 aromatic carbocycles. The second kappa shape index (κ2) is 10.0. The molecule has 1 unspecified atom stereocenters. The summed E-state index contributed by atoms with van der Waals surface area (Å²) in [5.74, 6) is -2.62. The van der Waals surface area contributed by atoms with Gasteiger partial charge in [0.25, 0.3) is 11.8 Å². The number of hydrogen-bond acceptors (Lipinski definition) is 5. The van der Waals surface area contributed by atoms with Crippen LogP contribution >= 0.6 is 11.6 Å². The van der Waals surface area contributed by atoms with Gasteiger partial charge in [-0.05, 0) is 53.9 Å². The first kappa shape index (κ1) is 24.5. The van der Waals surface area contributed by atoms with Crippen molar-refractivity contribution in [2.24, 2.45) is 5.16 Å². The van der Waals surface area contributed by atoms with Crippen LogP contribution in [0.3, 0.4) is 0 Å². The molecule has 2 aliphatic heterocycles. The van der Waals surface area contributed by atoms with Crippen LogP contribution in [-0.2, 0) is 20.8 Å². The van der Waals surface area contributed by atoms with Crippen LogP contribution in [0, 0.1) is 5.82 Å². The number of fused-ring (bicyclic) bond motifs is 1. The number of hydrogen-bond donors (Lipinski definition) is 2. The van der Waals surface area contributed by atoms with E-state index in [-0.39, 0.29) is 34.8 Å². The summed E-state index contributed by atoms with van der Waals surface area (Å²) in [4.78, 5) is 45.1. The average molecular weight is 522 g/mol. The lowest BCUT2D eigenvalue weighted by atomic mass is 9.91. The molecule has 0 saturated carbocycles. The lowest BCUT2D eigenvalue weighted by molar-refractivity contribution is -0.148. The number of amides is 2. The minimum atomic E-state index is -1.08. The number of anilines is 1. The topological polar surface area (TPSA) is 108 Å². The van der Waals surface area contributed by atoms with Gasteiger partial charge in [0.2, 0.25) is 6.10 Å². The first-order valence-electron chi connectivity index (χ1n) is 11.5. The zero-order chi connectivity index (χ0) is 26.1. The highest BCUT2D eigenvalue weighted by Gasteiger charge is 2.41. The summed E-state index contributed by atoms with van der Waals surface area (Å²) in [5, 5.41) is 15.8. The summed E-state index contributed by atoms with van der Waals surface area (Å²) >= 11 is 5.89. The van der Waals surface area contributed by atoms with E-state index in [1.54, 1.807) is 18.2 Å². The van der Waals surface area contributed by atoms with E-state index in [0.717, 1.165) is 5.56 Å². The first-order valence-corrected chi connectivity index (χ1v) is 11.9. The van der Waals surface area contributed by atoms with Gasteiger partial charge < -0.3 is 20.2 Å². The fourth-order valence-corrected chi connectivity index (χ4v) is 4.75. The molecule has 2 atom stereocenters. The SMILES string of the molecule is O=C(O)c1ccc(NC(=O)[C@H]2c3ccccc3CCN2C(=O)C2CC(c3cccc(Cl)c3F)=NO2)cc1. The molecule has 3 aromatic rings. The Bertz CT molecular complexity index is 1430. The third-order valence-electron chi connectivity index (χ3n) is 6.42. The van der Waals surface area contributed by atoms with Crippen LogP contribution in [0.25, 0.3) is 0 Å². The van der Waals surface area contributed by atoms with Gasteiger partial charge in [-0.15, -0.1) is 0 Å². The van der Waals surface area contributed by atoms with Gasteiger partial charge in [0.05, 0.1) is 16.3 Å². The second-order valence-electron chi connectivity index (χ2n) is 8.69. The Balaban J connectivity index is 1.38. The van der Waals surface area contributed by atoms with Gasteiger partial charge in [-0.25, -0.2) is 9.18 Å². The average Bonchev–Trinajstić information content (AvgIpc) is 3.39. The third-order valence-corrected chi connectivity index (χ3v) is 6.71. The monoisotopic (exact) mass is 521 g/mol. The number of halogens is 2. The fraction of sp³-hybridized carbons (Fsp3) is 0.185. The molecule has 0 saturated heterocycles. The predicted octanol–water partition coefficient (Wildman–Crippen LogP) is 4.44. The molecule has 0 fully saturated rings. The fourth-order valence-electron chi connectivity index (χ4n) is 4.57. The van der Waals surface area contributed by atoms with Crippen molar-refractivity contribution < 1.29 is 28.7 Å². The van der Waals surface area contributed by atoms with Crippen molar-refractivity contribution in [2.75, 3.05) is 11.9 Å². The molecule has 8 nitrogen and oxygen atoms in total. The molecule has 5 rings (SSSR count). The van der Waals surface area contributed by atoms with Crippen LogP contribution in [0.2, 0.25) is 5.02 Å². The van der Waals surface area contributed by atoms with Crippen molar-refractivity contribution in [1.29, 1.82) is 0 Å². The zero-order valence-corrected chi connectivity index (χ0v) is 20.1. The number of aromatic carboxylic acids is 1. The summed E-state index contributed by atoms with van der Waals surface area (Å²) in [5.41, 5.74) is 2.52. The van der Waals surface area contributed by atoms with Gasteiger partial charge in [0, 0.05) is 24.2 Å². The van der Waals surface area contributed by atoms with Crippen LogP contribution in [0.4, 0.5) is 10.1 Å². The van der Waals surface area contributed by atoms with Crippen molar-refractivity contribution >= 4 is 40.8 Å². The molecular formula is C27H21ClFN3O5. The van der Waals surface area contributed by atoms with Crippen molar-refractivity contribution in [2.45, 2.75) is 25.0 Å². The van der Waals surface area contributed by atoms with Crippen molar-refractivity contribution in [3.8, 4) is 0 Å². The molecule has 0 aliphatic carbocycles. The molecule has 0 spiro atoms. The lowest BCUT2D eigenvalue weighted by Gasteiger charge is -2.37. The van der Waals surface area contributed by atoms with Crippen LogP contribution in [0.5, 0.6) is 0 Å². The minimum absolute atomic E-state index is 0.0270. The zero-order valence-electron chi connectivity index (χ0n) is 19.4. The summed E-state index contributed by atoms with van der Waals surface area (Å²) in [6, 6.07) is 16.7. The maximum Gasteiger partial charge on any atom is 0.335 e. The Morgan fingerprint density at radius 3 is 2.57 bits per heavy atom. The molecule has 2 heterocycles. The van der Waals surface area contributed by atoms with Gasteiger partial charge >= 0.3 is 5.97 Å². The number of carbonyl (C=O) groups is 3. The number of rotatable bonds is 5. The van der Waals surface area contributed by atoms with E-state index in [2.05, 4.69) is 10.5 Å². The van der Waals surface area contributed by atoms with Crippen molar-refractivity contribution in [1.82, 2.24) is 4.90 Å². The number of nitrogens with one attached hydrogen (secondary N) is 1. The summed E-state index contributed by atoms with van der Waals surface area (Å²) < 4.78 is 14.5. The number of carboxylic acids is 1. The molecule has 0 aromatic heterocycles. The molecule has 2 aliphatic rings. The second-order valence-corrected chi connectivity index (χ2v) is 9.10. The third kappa shape index (κ3) is 4.77. The number of nitrogens with zero attached hydrogens (tertiary/aromatic N) is 2. The molecule has 2 N–H and O–H groups in total. The van der Waals surface area contributed by atoms with E-state index >= 15 is 0 Å². The van der Waals surface area contributed by atoms with E-state index in [0.29, 0.717) is 17.7 Å². The van der Waals surface area contributed by atoms with Crippen molar-refractivity contribution in [3.63, 3.8) is 0 Å². The minimum Gasteiger partial charge on any atom is -0.478 e. The predicted molar refractivity (Wildman–Crippen MR) is 134 cm³/mol. The van der Waals surface area contributed by atoms with Crippen LogP contribution in [-0.4, -0.2) is 46.2 Å². The van der Waals surface area contributed by atoms with E-state index in [4.69, 9.17) is 21.5 Å². The number of oxime groups is 1. The lowest BCUT2D eigenvalue weighted by Crippen LogP contribution is -2.49. The van der Waals surface area contributed by atoms with E-state index in [1.165, 1.54) is 41.3 Å². The Labute approximate surface area is 216 Å². The highest BCUT2D eigenvalue weighted by molar-refractivity contribution is 6.31. The Kier molecular flexibility index (Phi) is 6.62. The number of carbonyl (C=O) groups excluding carboxylic acids is 2. The number of benzene rings is 3. The maximum absolute atomic E-state index is 14.5. The van der Waals surface area contributed by atoms with Gasteiger partial charge in [-0.3, -0.25) is 9.59 Å². The van der Waals surface area contributed by atoms with E-state index in [9.17, 15) is 18.8 Å². The Morgan fingerprint density at radius 2 is 1.81 bits per heavy atom. The summed E-state index contributed by atoms with van der Waals surface area (Å²) in [7, 11) is 0. The normalized spacial score (nSPS) is 18.4. The van der Waals surface area contributed by atoms with Gasteiger partial charge in [-0.2, -0.15) is 0 Å². The van der Waals surface area contributed by atoms with E-state index in [1.807, 2.05) is 12.1 Å². The summed E-state index contributed by atoms with van der Waals surface area (Å²) in [6.07, 6.45) is -0.453. The molecule has 188 valence electrons. The van der Waals surface area contributed by atoms with Crippen molar-refractivity contribution in [3.05, 3.63) is 99.8 Å². The highest BCUT2D eigenvalue weighted by Crippen LogP contribution is 2.33. The van der Waals surface area contributed by atoms with Crippen LogP contribution in [0.15, 0.2) is 71.9 Å². The molecule has 0 radical (unpaired) electrons. The molecule has 0 bridgehead atoms.